The van der Waals surface area contributed by atoms with Crippen LogP contribution in [0.4, 0.5) is 0 Å². The average Bonchev–Trinajstić information content (AvgIpc) is 3.53. The van der Waals surface area contributed by atoms with Gasteiger partial charge < -0.3 is 18.9 Å². The molecule has 2 aromatic rings. The van der Waals surface area contributed by atoms with Gasteiger partial charge in [-0.3, -0.25) is 9.69 Å². The van der Waals surface area contributed by atoms with Crippen LogP contribution in [0.5, 0.6) is 11.5 Å². The Labute approximate surface area is 212 Å². The van der Waals surface area contributed by atoms with E-state index in [-0.39, 0.29) is 11.9 Å². The third-order valence-corrected chi connectivity index (χ3v) is 7.44. The topological polar surface area (TPSA) is 72.8 Å². The number of methoxy groups -OCH3 is 2. The second-order valence-electron chi connectivity index (χ2n) is 9.81. The first-order chi connectivity index (χ1) is 17.4. The van der Waals surface area contributed by atoms with Crippen molar-refractivity contribution in [2.75, 3.05) is 47.1 Å². The van der Waals surface area contributed by atoms with Gasteiger partial charge in [-0.05, 0) is 37.6 Å². The highest BCUT2D eigenvalue weighted by molar-refractivity contribution is 6.04. The van der Waals surface area contributed by atoms with Gasteiger partial charge in [0.1, 0.15) is 11.5 Å². The highest BCUT2D eigenvalue weighted by Crippen LogP contribution is 2.40. The Kier molecular flexibility index (Phi) is 7.01. The summed E-state index contributed by atoms with van der Waals surface area (Å²) in [4.78, 5) is 15.9. The molecule has 0 aliphatic carbocycles. The molecule has 0 bridgehead atoms. The molecule has 2 saturated heterocycles. The zero-order valence-corrected chi connectivity index (χ0v) is 21.6. The molecule has 1 atom stereocenters. The summed E-state index contributed by atoms with van der Waals surface area (Å²) in [5, 5.41) is 6.55. The maximum absolute atomic E-state index is 13.7. The third-order valence-electron chi connectivity index (χ3n) is 7.44. The van der Waals surface area contributed by atoms with Gasteiger partial charge in [-0.1, -0.05) is 23.8 Å². The fourth-order valence-electron chi connectivity index (χ4n) is 5.48. The summed E-state index contributed by atoms with van der Waals surface area (Å²) < 4.78 is 22.9. The fourth-order valence-corrected chi connectivity index (χ4v) is 5.48. The number of nitrogens with zero attached hydrogens (tertiary/aromatic N) is 3. The number of piperidine rings is 1. The van der Waals surface area contributed by atoms with E-state index in [0.717, 1.165) is 54.1 Å². The van der Waals surface area contributed by atoms with Crippen molar-refractivity contribution >= 4 is 11.6 Å². The van der Waals surface area contributed by atoms with E-state index in [1.165, 1.54) is 5.56 Å². The summed E-state index contributed by atoms with van der Waals surface area (Å²) >= 11 is 0. The number of rotatable bonds is 6. The van der Waals surface area contributed by atoms with E-state index >= 15 is 0 Å². The van der Waals surface area contributed by atoms with Crippen LogP contribution < -0.4 is 9.47 Å². The Morgan fingerprint density at radius 2 is 1.81 bits per heavy atom. The highest BCUT2D eigenvalue weighted by Gasteiger charge is 2.41. The summed E-state index contributed by atoms with van der Waals surface area (Å²) in [6.45, 7) is 7.26. The van der Waals surface area contributed by atoms with Crippen LogP contribution in [0.3, 0.4) is 0 Å². The number of hydrogen-bond donors (Lipinski definition) is 0. The van der Waals surface area contributed by atoms with Crippen molar-refractivity contribution < 1.29 is 23.7 Å². The van der Waals surface area contributed by atoms with Crippen molar-refractivity contribution in [2.24, 2.45) is 5.10 Å². The number of amides is 1. The smallest absolute Gasteiger partial charge is 0.257 e. The normalized spacial score (nSPS) is 21.6. The van der Waals surface area contributed by atoms with Crippen LogP contribution in [0, 0.1) is 13.8 Å². The van der Waals surface area contributed by atoms with E-state index in [1.807, 2.05) is 18.2 Å². The molecule has 0 N–H and O–H groups in total. The van der Waals surface area contributed by atoms with Crippen LogP contribution in [0.15, 0.2) is 41.5 Å². The number of hydrogen-bond acceptors (Lipinski definition) is 7. The van der Waals surface area contributed by atoms with Crippen LogP contribution in [-0.2, 0) is 14.3 Å². The predicted octanol–water partition coefficient (Wildman–Crippen LogP) is 3.84. The molecule has 0 aromatic heterocycles. The molecule has 2 fully saturated rings. The van der Waals surface area contributed by atoms with Crippen LogP contribution in [0.1, 0.15) is 47.6 Å². The second-order valence-corrected chi connectivity index (χ2v) is 9.81. The molecule has 0 radical (unpaired) electrons. The van der Waals surface area contributed by atoms with Crippen LogP contribution in [0.2, 0.25) is 0 Å². The Morgan fingerprint density at radius 3 is 2.47 bits per heavy atom. The minimum Gasteiger partial charge on any atom is -0.497 e. The first-order valence-corrected chi connectivity index (χ1v) is 12.6. The van der Waals surface area contributed by atoms with E-state index in [1.54, 1.807) is 19.2 Å². The number of aryl methyl sites for hydroxylation is 2. The summed E-state index contributed by atoms with van der Waals surface area (Å²) in [5.74, 6) is 0.939. The molecule has 5 rings (SSSR count). The lowest BCUT2D eigenvalue weighted by Gasteiger charge is -2.37. The molecule has 3 aliphatic rings. The maximum atomic E-state index is 13.7. The second kappa shape index (κ2) is 10.2. The molecule has 3 heterocycles. The first kappa shape index (κ1) is 24.7. The number of ether oxygens (including phenoxy) is 4. The van der Waals surface area contributed by atoms with Gasteiger partial charge in [-0.15, -0.1) is 0 Å². The quantitative estimate of drug-likeness (QED) is 0.609. The lowest BCUT2D eigenvalue weighted by atomic mass is 9.94. The fraction of sp³-hybridized carbons (Fsp3) is 0.500. The molecule has 0 saturated carbocycles. The van der Waals surface area contributed by atoms with Crippen molar-refractivity contribution in [1.82, 2.24) is 9.91 Å². The summed E-state index contributed by atoms with van der Waals surface area (Å²) in [6.07, 6.45) is 2.14. The van der Waals surface area contributed by atoms with E-state index in [2.05, 4.69) is 36.9 Å². The van der Waals surface area contributed by atoms with E-state index in [0.29, 0.717) is 31.9 Å². The Bertz CT molecular complexity index is 1150. The van der Waals surface area contributed by atoms with Crippen LogP contribution in [-0.4, -0.2) is 74.4 Å². The van der Waals surface area contributed by atoms with Gasteiger partial charge in [-0.2, -0.15) is 5.10 Å². The molecule has 1 amide bonds. The van der Waals surface area contributed by atoms with E-state index < -0.39 is 5.79 Å². The lowest BCUT2D eigenvalue weighted by molar-refractivity contribution is -0.186. The Hall–Kier alpha value is -2.94. The summed E-state index contributed by atoms with van der Waals surface area (Å²) in [5.41, 5.74) is 5.21. The number of carbonyl (C=O) groups is 1. The van der Waals surface area contributed by atoms with E-state index in [4.69, 9.17) is 24.0 Å². The standard InChI is InChI=1S/C28H35N3O5/c1-19-5-7-22(20(2)15-19)24-17-25(23-16-21(33-3)6-8-26(23)34-4)31(29-24)27(32)18-30-11-9-28(10-12-30)35-13-14-36-28/h5-8,15-16,25H,9-14,17-18H2,1-4H3/t25-/m0/s1. The van der Waals surface area contributed by atoms with Gasteiger partial charge in [0.25, 0.3) is 5.91 Å². The van der Waals surface area contributed by atoms with Crippen molar-refractivity contribution in [2.45, 2.75) is 44.9 Å². The number of benzene rings is 2. The molecular formula is C28H35N3O5. The molecule has 8 heteroatoms. The molecule has 1 spiro atoms. The van der Waals surface area contributed by atoms with Gasteiger partial charge in [0.05, 0.1) is 45.7 Å². The number of hydrazone groups is 1. The monoisotopic (exact) mass is 493 g/mol. The molecular weight excluding hydrogens is 458 g/mol. The SMILES string of the molecule is COc1ccc(OC)c([C@@H]2CC(c3ccc(C)cc3C)=NN2C(=O)CN2CCC3(CC2)OCCO3)c1. The average molecular weight is 494 g/mol. The summed E-state index contributed by atoms with van der Waals surface area (Å²) in [6, 6.07) is 11.8. The zero-order chi connectivity index (χ0) is 25.3. The zero-order valence-electron chi connectivity index (χ0n) is 21.6. The van der Waals surface area contributed by atoms with Crippen molar-refractivity contribution in [3.8, 4) is 11.5 Å². The van der Waals surface area contributed by atoms with Crippen molar-refractivity contribution in [3.63, 3.8) is 0 Å². The van der Waals surface area contributed by atoms with Crippen molar-refractivity contribution in [3.05, 3.63) is 58.7 Å². The number of carbonyl (C=O) groups excluding carboxylic acids is 1. The predicted molar refractivity (Wildman–Crippen MR) is 137 cm³/mol. The molecule has 0 unspecified atom stereocenters. The highest BCUT2D eigenvalue weighted by atomic mass is 16.7. The molecule has 192 valence electrons. The molecule has 8 nitrogen and oxygen atoms in total. The number of likely N-dealkylation sites (tertiary alicyclic amines) is 1. The van der Waals surface area contributed by atoms with Crippen LogP contribution >= 0.6 is 0 Å². The van der Waals surface area contributed by atoms with Gasteiger partial charge >= 0.3 is 0 Å². The maximum Gasteiger partial charge on any atom is 0.257 e. The van der Waals surface area contributed by atoms with Crippen molar-refractivity contribution in [1.29, 1.82) is 0 Å². The van der Waals surface area contributed by atoms with Crippen LogP contribution in [0.25, 0.3) is 0 Å². The largest absolute Gasteiger partial charge is 0.497 e. The van der Waals surface area contributed by atoms with Gasteiger partial charge in [0.15, 0.2) is 5.79 Å². The summed E-state index contributed by atoms with van der Waals surface area (Å²) in [7, 11) is 3.29. The minimum absolute atomic E-state index is 0.0335. The molecule has 3 aliphatic heterocycles. The third kappa shape index (κ3) is 4.85. The van der Waals surface area contributed by atoms with E-state index in [9.17, 15) is 4.79 Å². The minimum atomic E-state index is -0.460. The molecule has 36 heavy (non-hydrogen) atoms. The Balaban J connectivity index is 1.42. The van der Waals surface area contributed by atoms with Gasteiger partial charge in [-0.25, -0.2) is 5.01 Å². The lowest BCUT2D eigenvalue weighted by Crippen LogP contribution is -2.48. The first-order valence-electron chi connectivity index (χ1n) is 12.6. The van der Waals surface area contributed by atoms with Gasteiger partial charge in [0.2, 0.25) is 0 Å². The van der Waals surface area contributed by atoms with Gasteiger partial charge in [0, 0.05) is 43.5 Å². The Morgan fingerprint density at radius 1 is 1.06 bits per heavy atom. The molecule has 2 aromatic carbocycles.